The Hall–Kier alpha value is -4.70. The van der Waals surface area contributed by atoms with Crippen LogP contribution in [-0.4, -0.2) is 50.9 Å². The average molecular weight is 660 g/mol. The highest BCUT2D eigenvalue weighted by Gasteiger charge is 2.34. The molecule has 2 amide bonds. The van der Waals surface area contributed by atoms with E-state index in [9.17, 15) is 22.4 Å². The van der Waals surface area contributed by atoms with E-state index in [1.165, 1.54) is 17.0 Å². The summed E-state index contributed by atoms with van der Waals surface area (Å²) in [5.41, 5.74) is 2.85. The highest BCUT2D eigenvalue weighted by atomic mass is 32.2. The number of hydrogen-bond donors (Lipinski definition) is 1. The number of carbonyl (C=O) groups excluding carboxylic acids is 2. The van der Waals surface area contributed by atoms with Crippen molar-refractivity contribution in [2.24, 2.45) is 0 Å². The number of ether oxygens (including phenoxy) is 1. The van der Waals surface area contributed by atoms with Crippen molar-refractivity contribution in [3.8, 4) is 5.75 Å². The second kappa shape index (κ2) is 16.7. The first-order valence-electron chi connectivity index (χ1n) is 15.8. The standard InChI is InChI=1S/C37H42FN3O5S/c1-4-6-23-39-37(43)35(25-29-12-8-7-9-13-29)40(26-30-14-10-11-28(3)24-30)36(42)27-41(32-17-19-33(20-18-32)46-5-2)47(44,45)34-21-15-31(38)16-22-34/h7-22,24,35H,4-6,23,25-27H2,1-3H3,(H,39,43). The Bertz CT molecular complexity index is 1720. The lowest BCUT2D eigenvalue weighted by molar-refractivity contribution is -0.140. The van der Waals surface area contributed by atoms with Gasteiger partial charge in [-0.15, -0.1) is 0 Å². The van der Waals surface area contributed by atoms with Crippen LogP contribution in [0.5, 0.6) is 5.75 Å². The van der Waals surface area contributed by atoms with Gasteiger partial charge in [-0.05, 0) is 79.9 Å². The molecule has 0 saturated carbocycles. The van der Waals surface area contributed by atoms with Gasteiger partial charge in [0.2, 0.25) is 11.8 Å². The summed E-state index contributed by atoms with van der Waals surface area (Å²) in [6.07, 6.45) is 1.88. The molecule has 4 aromatic rings. The van der Waals surface area contributed by atoms with Crippen LogP contribution in [0.1, 0.15) is 43.4 Å². The van der Waals surface area contributed by atoms with Crippen molar-refractivity contribution in [1.29, 1.82) is 0 Å². The minimum Gasteiger partial charge on any atom is -0.494 e. The molecule has 4 aromatic carbocycles. The minimum atomic E-state index is -4.35. The van der Waals surface area contributed by atoms with Crippen molar-refractivity contribution in [2.45, 2.75) is 57.5 Å². The summed E-state index contributed by atoms with van der Waals surface area (Å²) in [7, 11) is -4.35. The number of nitrogens with one attached hydrogen (secondary N) is 1. The Morgan fingerprint density at radius 3 is 2.19 bits per heavy atom. The van der Waals surface area contributed by atoms with Crippen LogP contribution >= 0.6 is 0 Å². The molecule has 4 rings (SSSR count). The van der Waals surface area contributed by atoms with Gasteiger partial charge in [-0.2, -0.15) is 0 Å². The number of hydrogen-bond acceptors (Lipinski definition) is 5. The number of nitrogens with zero attached hydrogens (tertiary/aromatic N) is 2. The van der Waals surface area contributed by atoms with Crippen molar-refractivity contribution in [2.75, 3.05) is 24.0 Å². The van der Waals surface area contributed by atoms with E-state index in [0.29, 0.717) is 18.9 Å². The Morgan fingerprint density at radius 1 is 0.872 bits per heavy atom. The van der Waals surface area contributed by atoms with Crippen LogP contribution in [0.4, 0.5) is 10.1 Å². The average Bonchev–Trinajstić information content (AvgIpc) is 3.06. The van der Waals surface area contributed by atoms with Gasteiger partial charge in [-0.25, -0.2) is 12.8 Å². The summed E-state index contributed by atoms with van der Waals surface area (Å²) in [6.45, 7) is 6.15. The molecule has 0 bridgehead atoms. The molecule has 1 N–H and O–H groups in total. The van der Waals surface area contributed by atoms with Crippen LogP contribution in [0, 0.1) is 12.7 Å². The molecule has 1 unspecified atom stereocenters. The number of aryl methyl sites for hydroxylation is 1. The van der Waals surface area contributed by atoms with Gasteiger partial charge in [0.15, 0.2) is 0 Å². The molecule has 10 heteroatoms. The van der Waals surface area contributed by atoms with Gasteiger partial charge in [-0.1, -0.05) is 73.5 Å². The predicted octanol–water partition coefficient (Wildman–Crippen LogP) is 6.28. The van der Waals surface area contributed by atoms with Crippen molar-refractivity contribution >= 4 is 27.5 Å². The van der Waals surface area contributed by atoms with Gasteiger partial charge < -0.3 is 15.0 Å². The van der Waals surface area contributed by atoms with E-state index in [1.54, 1.807) is 24.3 Å². The first-order chi connectivity index (χ1) is 22.6. The Kier molecular flexibility index (Phi) is 12.5. The molecule has 0 aromatic heterocycles. The summed E-state index contributed by atoms with van der Waals surface area (Å²) >= 11 is 0. The first-order valence-corrected chi connectivity index (χ1v) is 17.2. The molecule has 0 heterocycles. The molecule has 47 heavy (non-hydrogen) atoms. The zero-order valence-corrected chi connectivity index (χ0v) is 27.9. The molecular weight excluding hydrogens is 617 g/mol. The van der Waals surface area contributed by atoms with E-state index >= 15 is 0 Å². The van der Waals surface area contributed by atoms with E-state index in [4.69, 9.17) is 4.74 Å². The SMILES string of the molecule is CCCCNC(=O)C(Cc1ccccc1)N(Cc1cccc(C)c1)C(=O)CN(c1ccc(OCC)cc1)S(=O)(=O)c1ccc(F)cc1. The first kappa shape index (κ1) is 35.2. The molecule has 0 aliphatic carbocycles. The summed E-state index contributed by atoms with van der Waals surface area (Å²) < 4.78 is 48.6. The lowest BCUT2D eigenvalue weighted by Crippen LogP contribution is -2.53. The maximum Gasteiger partial charge on any atom is 0.264 e. The molecule has 0 radical (unpaired) electrons. The fraction of sp³-hybridized carbons (Fsp3) is 0.297. The van der Waals surface area contributed by atoms with Gasteiger partial charge in [0.25, 0.3) is 10.0 Å². The van der Waals surface area contributed by atoms with Crippen LogP contribution in [0.3, 0.4) is 0 Å². The number of anilines is 1. The van der Waals surface area contributed by atoms with Crippen molar-refractivity contribution < 1.29 is 27.1 Å². The quantitative estimate of drug-likeness (QED) is 0.143. The number of halogens is 1. The largest absolute Gasteiger partial charge is 0.494 e. The summed E-state index contributed by atoms with van der Waals surface area (Å²) in [5, 5.41) is 2.99. The number of rotatable bonds is 16. The predicted molar refractivity (Wildman–Crippen MR) is 182 cm³/mol. The Labute approximate surface area is 277 Å². The number of carbonyl (C=O) groups is 2. The summed E-state index contributed by atoms with van der Waals surface area (Å²) in [4.78, 5) is 29.7. The smallest absolute Gasteiger partial charge is 0.264 e. The van der Waals surface area contributed by atoms with E-state index in [1.807, 2.05) is 75.4 Å². The van der Waals surface area contributed by atoms with Crippen LogP contribution in [0.15, 0.2) is 108 Å². The molecule has 0 aliphatic heterocycles. The number of sulfonamides is 1. The van der Waals surface area contributed by atoms with Crippen molar-refractivity contribution in [1.82, 2.24) is 10.2 Å². The number of amides is 2. The minimum absolute atomic E-state index is 0.0763. The van der Waals surface area contributed by atoms with E-state index in [0.717, 1.165) is 46.0 Å². The molecule has 0 spiro atoms. The molecule has 8 nitrogen and oxygen atoms in total. The number of benzene rings is 4. The molecular formula is C37H42FN3O5S. The van der Waals surface area contributed by atoms with E-state index in [2.05, 4.69) is 5.32 Å². The van der Waals surface area contributed by atoms with Gasteiger partial charge in [0.1, 0.15) is 24.2 Å². The third kappa shape index (κ3) is 9.65. The van der Waals surface area contributed by atoms with Crippen LogP contribution in [0.25, 0.3) is 0 Å². The fourth-order valence-corrected chi connectivity index (χ4v) is 6.62. The third-order valence-electron chi connectivity index (χ3n) is 7.65. The van der Waals surface area contributed by atoms with Crippen LogP contribution in [0.2, 0.25) is 0 Å². The van der Waals surface area contributed by atoms with E-state index in [-0.39, 0.29) is 29.5 Å². The fourth-order valence-electron chi connectivity index (χ4n) is 5.21. The summed E-state index contributed by atoms with van der Waals surface area (Å²) in [6, 6.07) is 26.9. The third-order valence-corrected chi connectivity index (χ3v) is 9.44. The topological polar surface area (TPSA) is 96.0 Å². The van der Waals surface area contributed by atoms with Gasteiger partial charge in [0, 0.05) is 19.5 Å². The zero-order valence-electron chi connectivity index (χ0n) is 27.1. The van der Waals surface area contributed by atoms with Crippen molar-refractivity contribution in [3.05, 3.63) is 126 Å². The monoisotopic (exact) mass is 659 g/mol. The van der Waals surface area contributed by atoms with Crippen molar-refractivity contribution in [3.63, 3.8) is 0 Å². The zero-order chi connectivity index (χ0) is 33.8. The molecule has 0 aliphatic rings. The summed E-state index contributed by atoms with van der Waals surface area (Å²) in [5.74, 6) is -0.945. The van der Waals surface area contributed by atoms with Crippen LogP contribution < -0.4 is 14.4 Å². The highest BCUT2D eigenvalue weighted by molar-refractivity contribution is 7.92. The molecule has 1 atom stereocenters. The maximum atomic E-state index is 14.5. The highest BCUT2D eigenvalue weighted by Crippen LogP contribution is 2.27. The van der Waals surface area contributed by atoms with Gasteiger partial charge in [0.05, 0.1) is 17.2 Å². The normalized spacial score (nSPS) is 11.8. The van der Waals surface area contributed by atoms with E-state index < -0.39 is 34.3 Å². The Balaban J connectivity index is 1.79. The molecule has 248 valence electrons. The lowest BCUT2D eigenvalue weighted by Gasteiger charge is -2.34. The van der Waals surface area contributed by atoms with Gasteiger partial charge >= 0.3 is 0 Å². The Morgan fingerprint density at radius 2 is 1.55 bits per heavy atom. The molecule has 0 fully saturated rings. The maximum absolute atomic E-state index is 14.5. The second-order valence-corrected chi connectivity index (χ2v) is 13.1. The lowest BCUT2D eigenvalue weighted by atomic mass is 10.0. The number of unbranched alkanes of at least 4 members (excludes halogenated alkanes) is 1. The van der Waals surface area contributed by atoms with Crippen LogP contribution in [-0.2, 0) is 32.6 Å². The van der Waals surface area contributed by atoms with Gasteiger partial charge in [-0.3, -0.25) is 13.9 Å². The molecule has 0 saturated heterocycles. The second-order valence-electron chi connectivity index (χ2n) is 11.3.